The van der Waals surface area contributed by atoms with E-state index in [-0.39, 0.29) is 23.0 Å². The Morgan fingerprint density at radius 2 is 1.83 bits per heavy atom. The number of aryl methyl sites for hydroxylation is 2. The van der Waals surface area contributed by atoms with E-state index in [4.69, 9.17) is 4.98 Å². The van der Waals surface area contributed by atoms with Gasteiger partial charge in [-0.15, -0.1) is 0 Å². The van der Waals surface area contributed by atoms with Crippen molar-refractivity contribution in [3.05, 3.63) is 71.0 Å². The van der Waals surface area contributed by atoms with Gasteiger partial charge in [-0.1, -0.05) is 56.4 Å². The van der Waals surface area contributed by atoms with Crippen molar-refractivity contribution in [1.82, 2.24) is 14.8 Å². The van der Waals surface area contributed by atoms with Gasteiger partial charge in [-0.05, 0) is 55.2 Å². The minimum atomic E-state index is -3.28. The molecular formula is C27H32N4O3S2. The summed E-state index contributed by atoms with van der Waals surface area (Å²) in [5, 5.41) is 5.21. The van der Waals surface area contributed by atoms with Gasteiger partial charge in [0.15, 0.2) is 15.0 Å². The molecule has 2 aromatic carbocycles. The second-order valence-electron chi connectivity index (χ2n) is 9.26. The molecule has 0 unspecified atom stereocenters. The number of fused-ring (bicyclic) bond motifs is 1. The molecule has 0 aliphatic carbocycles. The number of hydrogen-bond donors (Lipinski definition) is 0. The maximum absolute atomic E-state index is 13.6. The zero-order valence-corrected chi connectivity index (χ0v) is 23.0. The van der Waals surface area contributed by atoms with Gasteiger partial charge in [0.25, 0.3) is 0 Å². The van der Waals surface area contributed by atoms with Crippen molar-refractivity contribution in [1.29, 1.82) is 0 Å². The molecule has 0 fully saturated rings. The Labute approximate surface area is 216 Å². The molecule has 0 radical (unpaired) electrons. The molecule has 7 nitrogen and oxygen atoms in total. The van der Waals surface area contributed by atoms with E-state index >= 15 is 0 Å². The summed E-state index contributed by atoms with van der Waals surface area (Å²) < 4.78 is 27.3. The number of rotatable bonds is 9. The highest BCUT2D eigenvalue weighted by atomic mass is 32.2. The monoisotopic (exact) mass is 524 g/mol. The van der Waals surface area contributed by atoms with Crippen molar-refractivity contribution in [2.24, 2.45) is 0 Å². The number of aromatic nitrogens is 3. The van der Waals surface area contributed by atoms with Crippen molar-refractivity contribution in [3.8, 4) is 0 Å². The maximum Gasteiger partial charge on any atom is 0.233 e. The molecule has 36 heavy (non-hydrogen) atoms. The molecule has 2 heterocycles. The van der Waals surface area contributed by atoms with Gasteiger partial charge in [-0.25, -0.2) is 13.4 Å². The van der Waals surface area contributed by atoms with Crippen LogP contribution in [0.25, 0.3) is 10.2 Å². The molecule has 190 valence electrons. The largest absolute Gasteiger partial charge is 0.286 e. The highest BCUT2D eigenvalue weighted by Crippen LogP contribution is 2.34. The molecule has 1 amide bonds. The second-order valence-corrected chi connectivity index (χ2v) is 12.6. The summed E-state index contributed by atoms with van der Waals surface area (Å²) in [7, 11) is -3.28. The third-order valence-electron chi connectivity index (χ3n) is 6.25. The van der Waals surface area contributed by atoms with Gasteiger partial charge in [-0.3, -0.25) is 14.4 Å². The fourth-order valence-electron chi connectivity index (χ4n) is 4.21. The van der Waals surface area contributed by atoms with Gasteiger partial charge in [0, 0.05) is 12.2 Å². The Kier molecular flexibility index (Phi) is 7.61. The zero-order chi connectivity index (χ0) is 26.0. The SMILES string of the molecule is CCS(=O)(=O)c1ccc(CC(=O)N(CCn2nc(C)cc2C)c2nc3c(C(C)C)cccc3s2)cc1. The van der Waals surface area contributed by atoms with Crippen LogP contribution in [0.4, 0.5) is 5.13 Å². The van der Waals surface area contributed by atoms with Crippen LogP contribution in [0.15, 0.2) is 53.4 Å². The van der Waals surface area contributed by atoms with E-state index < -0.39 is 9.84 Å². The van der Waals surface area contributed by atoms with E-state index in [1.54, 1.807) is 36.1 Å². The van der Waals surface area contributed by atoms with Crippen LogP contribution in [0.2, 0.25) is 0 Å². The number of hydrogen-bond acceptors (Lipinski definition) is 6. The van der Waals surface area contributed by atoms with E-state index in [2.05, 4.69) is 25.0 Å². The predicted molar refractivity (Wildman–Crippen MR) is 146 cm³/mol. The first kappa shape index (κ1) is 26.0. The van der Waals surface area contributed by atoms with Gasteiger partial charge in [-0.2, -0.15) is 5.10 Å². The van der Waals surface area contributed by atoms with Crippen LogP contribution in [0.3, 0.4) is 0 Å². The van der Waals surface area contributed by atoms with Crippen molar-refractivity contribution >= 4 is 42.4 Å². The van der Waals surface area contributed by atoms with Gasteiger partial charge in [0.2, 0.25) is 5.91 Å². The van der Waals surface area contributed by atoms with Crippen LogP contribution in [0.1, 0.15) is 49.2 Å². The van der Waals surface area contributed by atoms with Gasteiger partial charge < -0.3 is 0 Å². The number of anilines is 1. The smallest absolute Gasteiger partial charge is 0.233 e. The Hall–Kier alpha value is -3.04. The number of thiazole rings is 1. The van der Waals surface area contributed by atoms with Crippen LogP contribution in [0.5, 0.6) is 0 Å². The van der Waals surface area contributed by atoms with Crippen molar-refractivity contribution in [2.45, 2.75) is 58.4 Å². The number of amides is 1. The van der Waals surface area contributed by atoms with Crippen LogP contribution < -0.4 is 4.90 Å². The Bertz CT molecular complexity index is 1490. The molecule has 0 saturated heterocycles. The first-order chi connectivity index (χ1) is 17.1. The highest BCUT2D eigenvalue weighted by Gasteiger charge is 2.22. The normalized spacial score (nSPS) is 11.9. The predicted octanol–water partition coefficient (Wildman–Crippen LogP) is 5.30. The summed E-state index contributed by atoms with van der Waals surface area (Å²) in [5.74, 6) is 0.273. The quantitative estimate of drug-likeness (QED) is 0.297. The molecule has 4 aromatic rings. The fraction of sp³-hybridized carbons (Fsp3) is 0.370. The summed E-state index contributed by atoms with van der Waals surface area (Å²) in [6.07, 6.45) is 0.149. The highest BCUT2D eigenvalue weighted by molar-refractivity contribution is 7.91. The zero-order valence-electron chi connectivity index (χ0n) is 21.4. The molecule has 0 spiro atoms. The molecule has 2 aromatic heterocycles. The Morgan fingerprint density at radius 1 is 1.11 bits per heavy atom. The molecule has 0 aliphatic rings. The number of carbonyl (C=O) groups is 1. The minimum absolute atomic E-state index is 0.0430. The lowest BCUT2D eigenvalue weighted by atomic mass is 10.0. The van der Waals surface area contributed by atoms with Gasteiger partial charge in [0.05, 0.1) is 39.5 Å². The average Bonchev–Trinajstić information content (AvgIpc) is 3.41. The Balaban J connectivity index is 1.65. The topological polar surface area (TPSA) is 85.2 Å². The molecule has 0 saturated carbocycles. The summed E-state index contributed by atoms with van der Waals surface area (Å²) in [6, 6.07) is 14.8. The summed E-state index contributed by atoms with van der Waals surface area (Å²) in [6.45, 7) is 10.8. The third kappa shape index (κ3) is 5.52. The molecule has 0 N–H and O–H groups in total. The van der Waals surface area contributed by atoms with E-state index in [1.807, 2.05) is 36.7 Å². The van der Waals surface area contributed by atoms with Crippen molar-refractivity contribution in [3.63, 3.8) is 0 Å². The summed E-state index contributed by atoms with van der Waals surface area (Å²) >= 11 is 1.51. The van der Waals surface area contributed by atoms with Crippen molar-refractivity contribution < 1.29 is 13.2 Å². The standard InChI is InChI=1S/C27H32N4O3S2/c1-6-36(33,34)22-12-10-21(11-13-22)17-25(32)30(14-15-31-20(5)16-19(4)29-31)27-28-26-23(18(2)3)8-7-9-24(26)35-27/h7-13,16,18H,6,14-15,17H2,1-5H3. The minimum Gasteiger partial charge on any atom is -0.286 e. The molecular weight excluding hydrogens is 492 g/mol. The number of sulfone groups is 1. The molecule has 0 atom stereocenters. The lowest BCUT2D eigenvalue weighted by Gasteiger charge is -2.20. The molecule has 0 bridgehead atoms. The second kappa shape index (κ2) is 10.5. The maximum atomic E-state index is 13.6. The number of para-hydroxylation sites is 1. The molecule has 9 heteroatoms. The first-order valence-electron chi connectivity index (χ1n) is 12.1. The molecule has 4 rings (SSSR count). The van der Waals surface area contributed by atoms with E-state index in [0.29, 0.717) is 24.1 Å². The lowest BCUT2D eigenvalue weighted by molar-refractivity contribution is -0.118. The van der Waals surface area contributed by atoms with Gasteiger partial charge in [0.1, 0.15) is 0 Å². The summed E-state index contributed by atoms with van der Waals surface area (Å²) in [5.41, 5.74) is 4.84. The fourth-order valence-corrected chi connectivity index (χ4v) is 6.14. The lowest BCUT2D eigenvalue weighted by Crippen LogP contribution is -2.35. The van der Waals surface area contributed by atoms with E-state index in [0.717, 1.165) is 32.7 Å². The Morgan fingerprint density at radius 3 is 2.44 bits per heavy atom. The van der Waals surface area contributed by atoms with Crippen LogP contribution in [-0.4, -0.2) is 41.4 Å². The average molecular weight is 525 g/mol. The third-order valence-corrected chi connectivity index (χ3v) is 9.04. The van der Waals surface area contributed by atoms with Gasteiger partial charge >= 0.3 is 0 Å². The summed E-state index contributed by atoms with van der Waals surface area (Å²) in [4.78, 5) is 20.5. The number of carbonyl (C=O) groups excluding carboxylic acids is 1. The van der Waals surface area contributed by atoms with Crippen LogP contribution in [-0.2, 0) is 27.6 Å². The van der Waals surface area contributed by atoms with Crippen LogP contribution in [0, 0.1) is 13.8 Å². The number of nitrogens with zero attached hydrogens (tertiary/aromatic N) is 4. The van der Waals surface area contributed by atoms with E-state index in [9.17, 15) is 13.2 Å². The molecule has 0 aliphatic heterocycles. The van der Waals surface area contributed by atoms with E-state index in [1.165, 1.54) is 11.3 Å². The van der Waals surface area contributed by atoms with Crippen molar-refractivity contribution in [2.75, 3.05) is 17.2 Å². The van der Waals surface area contributed by atoms with Crippen LogP contribution >= 0.6 is 11.3 Å². The first-order valence-corrected chi connectivity index (χ1v) is 14.6. The number of benzene rings is 2.